The lowest BCUT2D eigenvalue weighted by atomic mass is 10.2. The molecule has 0 aliphatic heterocycles. The van der Waals surface area contributed by atoms with E-state index in [1.54, 1.807) is 11.4 Å². The van der Waals surface area contributed by atoms with Gasteiger partial charge in [-0.05, 0) is 41.8 Å². The summed E-state index contributed by atoms with van der Waals surface area (Å²) < 4.78 is 0. The molecule has 1 aromatic rings. The van der Waals surface area contributed by atoms with Crippen LogP contribution in [0, 0.1) is 5.92 Å². The van der Waals surface area contributed by atoms with Gasteiger partial charge in [0.25, 0.3) is 5.91 Å². The minimum Gasteiger partial charge on any atom is -0.478 e. The third kappa shape index (κ3) is 3.42. The van der Waals surface area contributed by atoms with Crippen molar-refractivity contribution in [3.63, 3.8) is 0 Å². The van der Waals surface area contributed by atoms with Gasteiger partial charge >= 0.3 is 5.97 Å². The molecule has 5 heteroatoms. The average Bonchev–Trinajstić information content (AvgIpc) is 3.00. The van der Waals surface area contributed by atoms with Crippen molar-refractivity contribution in [1.29, 1.82) is 0 Å². The predicted molar refractivity (Wildman–Crippen MR) is 66.0 cm³/mol. The van der Waals surface area contributed by atoms with E-state index in [1.807, 2.05) is 0 Å². The molecule has 2 N–H and O–H groups in total. The molecule has 1 aliphatic rings. The summed E-state index contributed by atoms with van der Waals surface area (Å²) in [5.74, 6) is -0.491. The highest BCUT2D eigenvalue weighted by molar-refractivity contribution is 7.12. The Morgan fingerprint density at radius 3 is 2.94 bits per heavy atom. The molecule has 90 valence electrons. The number of carboxylic acids is 1. The molecule has 1 amide bonds. The van der Waals surface area contributed by atoms with Gasteiger partial charge in [-0.15, -0.1) is 11.3 Å². The molecule has 0 bridgehead atoms. The van der Waals surface area contributed by atoms with E-state index in [9.17, 15) is 9.59 Å². The highest BCUT2D eigenvalue weighted by Gasteiger charge is 2.22. The maximum atomic E-state index is 11.8. The first-order chi connectivity index (χ1) is 8.16. The molecule has 1 fully saturated rings. The van der Waals surface area contributed by atoms with Crippen LogP contribution >= 0.6 is 11.3 Å². The van der Waals surface area contributed by atoms with Crippen molar-refractivity contribution in [2.45, 2.75) is 12.8 Å². The monoisotopic (exact) mass is 251 g/mol. The van der Waals surface area contributed by atoms with E-state index in [0.29, 0.717) is 16.4 Å². The van der Waals surface area contributed by atoms with E-state index in [2.05, 4.69) is 5.32 Å². The van der Waals surface area contributed by atoms with Gasteiger partial charge in [0, 0.05) is 12.6 Å². The average molecular weight is 251 g/mol. The zero-order valence-electron chi connectivity index (χ0n) is 9.18. The number of nitrogens with one attached hydrogen (secondary N) is 1. The van der Waals surface area contributed by atoms with Gasteiger partial charge in [0.2, 0.25) is 0 Å². The van der Waals surface area contributed by atoms with E-state index in [0.717, 1.165) is 12.6 Å². The van der Waals surface area contributed by atoms with Crippen molar-refractivity contribution in [3.8, 4) is 0 Å². The molecular formula is C12H13NO3S. The maximum absolute atomic E-state index is 11.8. The molecule has 0 unspecified atom stereocenters. The fourth-order valence-electron chi connectivity index (χ4n) is 1.44. The number of hydrogen-bond acceptors (Lipinski definition) is 3. The summed E-state index contributed by atoms with van der Waals surface area (Å²) in [6.45, 7) is 0.721. The van der Waals surface area contributed by atoms with Gasteiger partial charge in [0.05, 0.1) is 4.88 Å². The lowest BCUT2D eigenvalue weighted by molar-refractivity contribution is -0.131. The summed E-state index contributed by atoms with van der Waals surface area (Å²) in [6.07, 6.45) is 4.87. The minimum atomic E-state index is -1.01. The normalized spacial score (nSPS) is 15.1. The largest absolute Gasteiger partial charge is 0.478 e. The molecule has 2 rings (SSSR count). The Balaban J connectivity index is 2.01. The predicted octanol–water partition coefficient (Wildman–Crippen LogP) is 1.99. The fourth-order valence-corrected chi connectivity index (χ4v) is 2.24. The molecule has 0 radical (unpaired) electrons. The highest BCUT2D eigenvalue weighted by Crippen LogP contribution is 2.28. The number of carbonyl (C=O) groups excluding carboxylic acids is 1. The van der Waals surface area contributed by atoms with Crippen LogP contribution in [-0.2, 0) is 4.79 Å². The lowest BCUT2D eigenvalue weighted by Crippen LogP contribution is -2.25. The first-order valence-corrected chi connectivity index (χ1v) is 6.31. The van der Waals surface area contributed by atoms with Crippen LogP contribution in [0.15, 0.2) is 17.5 Å². The number of aliphatic carboxylic acids is 1. The smallest absolute Gasteiger partial charge is 0.328 e. The second-order valence-electron chi connectivity index (χ2n) is 4.03. The van der Waals surface area contributed by atoms with Crippen molar-refractivity contribution in [3.05, 3.63) is 28.0 Å². The summed E-state index contributed by atoms with van der Waals surface area (Å²) in [4.78, 5) is 22.8. The van der Waals surface area contributed by atoms with Gasteiger partial charge in [-0.1, -0.05) is 0 Å². The van der Waals surface area contributed by atoms with Crippen molar-refractivity contribution in [2.24, 2.45) is 5.92 Å². The van der Waals surface area contributed by atoms with Gasteiger partial charge in [-0.25, -0.2) is 4.79 Å². The number of rotatable bonds is 5. The summed E-state index contributed by atoms with van der Waals surface area (Å²) >= 11 is 1.33. The third-order valence-corrected chi connectivity index (χ3v) is 3.48. The van der Waals surface area contributed by atoms with Gasteiger partial charge in [0.15, 0.2) is 0 Å². The Hall–Kier alpha value is -1.62. The molecule has 0 saturated heterocycles. The van der Waals surface area contributed by atoms with Crippen LogP contribution in [-0.4, -0.2) is 23.5 Å². The summed E-state index contributed by atoms with van der Waals surface area (Å²) in [7, 11) is 0. The molecular weight excluding hydrogens is 238 g/mol. The summed E-state index contributed by atoms with van der Waals surface area (Å²) in [5, 5.41) is 13.2. The topological polar surface area (TPSA) is 66.4 Å². The number of carbonyl (C=O) groups is 2. The molecule has 0 atom stereocenters. The first kappa shape index (κ1) is 11.9. The number of thiophene rings is 1. The van der Waals surface area contributed by atoms with Gasteiger partial charge in [0.1, 0.15) is 0 Å². The SMILES string of the molecule is O=C(O)/C=C/c1ccsc1C(=O)NCC1CC1. The van der Waals surface area contributed by atoms with E-state index in [1.165, 1.54) is 30.3 Å². The van der Waals surface area contributed by atoms with Crippen molar-refractivity contribution < 1.29 is 14.7 Å². The number of carboxylic acid groups (broad SMARTS) is 1. The van der Waals surface area contributed by atoms with Crippen LogP contribution in [0.3, 0.4) is 0 Å². The Morgan fingerprint density at radius 2 is 2.29 bits per heavy atom. The summed E-state index contributed by atoms with van der Waals surface area (Å²) in [5.41, 5.74) is 0.658. The molecule has 0 aromatic carbocycles. The standard InChI is InChI=1S/C12H13NO3S/c14-10(15)4-3-9-5-6-17-11(9)12(16)13-7-8-1-2-8/h3-6,8H,1-2,7H2,(H,13,16)(H,14,15)/b4-3+. The fraction of sp³-hybridized carbons (Fsp3) is 0.333. The molecule has 17 heavy (non-hydrogen) atoms. The van der Waals surface area contributed by atoms with Gasteiger partial charge in [-0.2, -0.15) is 0 Å². The second-order valence-corrected chi connectivity index (χ2v) is 4.95. The zero-order chi connectivity index (χ0) is 12.3. The van der Waals surface area contributed by atoms with Crippen LogP contribution < -0.4 is 5.32 Å². The number of amides is 1. The first-order valence-electron chi connectivity index (χ1n) is 5.43. The molecule has 1 aromatic heterocycles. The van der Waals surface area contributed by atoms with E-state index in [4.69, 9.17) is 5.11 Å². The Kier molecular flexibility index (Phi) is 3.58. The van der Waals surface area contributed by atoms with Crippen LogP contribution in [0.1, 0.15) is 28.1 Å². The maximum Gasteiger partial charge on any atom is 0.328 e. The van der Waals surface area contributed by atoms with Crippen molar-refractivity contribution in [1.82, 2.24) is 5.32 Å². The zero-order valence-corrected chi connectivity index (χ0v) is 10.00. The minimum absolute atomic E-state index is 0.114. The quantitative estimate of drug-likeness (QED) is 0.786. The van der Waals surface area contributed by atoms with Crippen LogP contribution in [0.2, 0.25) is 0 Å². The van der Waals surface area contributed by atoms with Crippen molar-refractivity contribution in [2.75, 3.05) is 6.54 Å². The second kappa shape index (κ2) is 5.14. The summed E-state index contributed by atoms with van der Waals surface area (Å²) in [6, 6.07) is 1.75. The Bertz CT molecular complexity index is 460. The molecule has 1 saturated carbocycles. The van der Waals surface area contributed by atoms with Gasteiger partial charge in [-0.3, -0.25) is 4.79 Å². The van der Waals surface area contributed by atoms with Crippen LogP contribution in [0.25, 0.3) is 6.08 Å². The van der Waals surface area contributed by atoms with Crippen LogP contribution in [0.5, 0.6) is 0 Å². The van der Waals surface area contributed by atoms with Gasteiger partial charge < -0.3 is 10.4 Å². The van der Waals surface area contributed by atoms with E-state index >= 15 is 0 Å². The van der Waals surface area contributed by atoms with E-state index in [-0.39, 0.29) is 5.91 Å². The molecule has 0 spiro atoms. The van der Waals surface area contributed by atoms with Crippen LogP contribution in [0.4, 0.5) is 0 Å². The Morgan fingerprint density at radius 1 is 1.53 bits per heavy atom. The van der Waals surface area contributed by atoms with Crippen molar-refractivity contribution >= 4 is 29.3 Å². The number of hydrogen-bond donors (Lipinski definition) is 2. The molecule has 4 nitrogen and oxygen atoms in total. The third-order valence-electron chi connectivity index (χ3n) is 2.56. The Labute approximate surface area is 103 Å². The molecule has 1 heterocycles. The highest BCUT2D eigenvalue weighted by atomic mass is 32.1. The lowest BCUT2D eigenvalue weighted by Gasteiger charge is -2.02. The van der Waals surface area contributed by atoms with E-state index < -0.39 is 5.97 Å². The molecule has 1 aliphatic carbocycles.